The summed E-state index contributed by atoms with van der Waals surface area (Å²) in [4.78, 5) is 18.3. The van der Waals surface area contributed by atoms with Gasteiger partial charge in [0.05, 0.1) is 5.75 Å². The van der Waals surface area contributed by atoms with E-state index in [0.29, 0.717) is 31.7 Å². The highest BCUT2D eigenvalue weighted by molar-refractivity contribution is 7.89. The summed E-state index contributed by atoms with van der Waals surface area (Å²) >= 11 is 0. The van der Waals surface area contributed by atoms with Gasteiger partial charge in [0.2, 0.25) is 15.9 Å². The second kappa shape index (κ2) is 9.80. The third-order valence-corrected chi connectivity index (χ3v) is 6.74. The Balaban J connectivity index is 1.40. The molecule has 7 nitrogen and oxygen atoms in total. The molecule has 1 amide bonds. The van der Waals surface area contributed by atoms with Crippen molar-refractivity contribution in [3.63, 3.8) is 0 Å². The number of rotatable bonds is 8. The lowest BCUT2D eigenvalue weighted by molar-refractivity contribution is -0.120. The van der Waals surface area contributed by atoms with Gasteiger partial charge in [-0.1, -0.05) is 24.3 Å². The van der Waals surface area contributed by atoms with Gasteiger partial charge in [-0.15, -0.1) is 0 Å². The average molecular weight is 421 g/mol. The molecule has 1 aromatic carbocycles. The van der Waals surface area contributed by atoms with Crippen LogP contribution in [0, 0.1) is 5.82 Å². The minimum Gasteiger partial charge on any atom is -0.355 e. The lowest BCUT2D eigenvalue weighted by atomic mass is 10.1. The van der Waals surface area contributed by atoms with Crippen molar-refractivity contribution < 1.29 is 17.6 Å². The number of pyridine rings is 1. The van der Waals surface area contributed by atoms with Crippen molar-refractivity contribution in [1.29, 1.82) is 0 Å². The first-order valence-electron chi connectivity index (χ1n) is 9.59. The molecular weight excluding hydrogens is 395 g/mol. The van der Waals surface area contributed by atoms with E-state index in [1.807, 2.05) is 18.2 Å². The van der Waals surface area contributed by atoms with E-state index in [-0.39, 0.29) is 36.9 Å². The Morgan fingerprint density at radius 1 is 1.07 bits per heavy atom. The summed E-state index contributed by atoms with van der Waals surface area (Å²) in [6, 6.07) is 12.0. The highest BCUT2D eigenvalue weighted by Gasteiger charge is 2.27. The first-order chi connectivity index (χ1) is 14.0. The van der Waals surface area contributed by atoms with Crippen molar-refractivity contribution in [2.75, 3.05) is 43.4 Å². The van der Waals surface area contributed by atoms with E-state index >= 15 is 0 Å². The maximum atomic E-state index is 13.6. The Labute approximate surface area is 170 Å². The summed E-state index contributed by atoms with van der Waals surface area (Å²) in [5.74, 6) is 0.0602. The Hall–Kier alpha value is -2.52. The van der Waals surface area contributed by atoms with Crippen LogP contribution in [0.3, 0.4) is 0 Å². The van der Waals surface area contributed by atoms with Crippen LogP contribution in [-0.2, 0) is 21.2 Å². The molecule has 2 aromatic rings. The van der Waals surface area contributed by atoms with E-state index < -0.39 is 10.0 Å². The fourth-order valence-electron chi connectivity index (χ4n) is 3.22. The number of hydrogen-bond acceptors (Lipinski definition) is 5. The van der Waals surface area contributed by atoms with E-state index in [1.54, 1.807) is 24.4 Å². The van der Waals surface area contributed by atoms with Gasteiger partial charge in [-0.25, -0.2) is 17.8 Å². The van der Waals surface area contributed by atoms with Crippen LogP contribution in [0.5, 0.6) is 0 Å². The third kappa shape index (κ3) is 5.98. The number of halogens is 1. The lowest BCUT2D eigenvalue weighted by Crippen LogP contribution is -2.50. The smallest absolute Gasteiger partial charge is 0.220 e. The number of nitrogens with zero attached hydrogens (tertiary/aromatic N) is 3. The van der Waals surface area contributed by atoms with Crippen molar-refractivity contribution in [3.05, 3.63) is 60.0 Å². The molecule has 1 aliphatic heterocycles. The molecular formula is C20H25FN4O3S. The number of carbonyl (C=O) groups is 1. The fourth-order valence-corrected chi connectivity index (χ4v) is 4.56. The summed E-state index contributed by atoms with van der Waals surface area (Å²) in [7, 11) is -3.45. The van der Waals surface area contributed by atoms with Gasteiger partial charge >= 0.3 is 0 Å². The number of nitrogens with one attached hydrogen (secondary N) is 1. The molecule has 1 N–H and O–H groups in total. The lowest BCUT2D eigenvalue weighted by Gasteiger charge is -2.34. The SMILES string of the molecule is O=C(CCc1ccccc1F)NCCS(=O)(=O)N1CCN(c2ccccn2)CC1. The number of aromatic nitrogens is 1. The molecule has 9 heteroatoms. The van der Waals surface area contributed by atoms with Gasteiger partial charge in [0.1, 0.15) is 11.6 Å². The molecule has 0 bridgehead atoms. The summed E-state index contributed by atoms with van der Waals surface area (Å²) in [6.07, 6.45) is 2.11. The van der Waals surface area contributed by atoms with Crippen LogP contribution in [0.1, 0.15) is 12.0 Å². The van der Waals surface area contributed by atoms with Crippen LogP contribution in [0.15, 0.2) is 48.7 Å². The standard InChI is InChI=1S/C20H25FN4O3S/c21-18-6-2-1-5-17(18)8-9-20(26)23-11-16-29(27,28)25-14-12-24(13-15-25)19-7-3-4-10-22-19/h1-7,10H,8-9,11-16H2,(H,23,26). The largest absolute Gasteiger partial charge is 0.355 e. The van der Waals surface area contributed by atoms with Gasteiger partial charge in [-0.3, -0.25) is 4.79 Å². The van der Waals surface area contributed by atoms with Crippen LogP contribution in [0.4, 0.5) is 10.2 Å². The van der Waals surface area contributed by atoms with Crippen molar-refractivity contribution in [3.8, 4) is 0 Å². The number of amides is 1. The second-order valence-corrected chi connectivity index (χ2v) is 8.92. The molecule has 0 spiro atoms. The topological polar surface area (TPSA) is 82.6 Å². The second-order valence-electron chi connectivity index (χ2n) is 6.83. The van der Waals surface area contributed by atoms with Crippen LogP contribution in [0.2, 0.25) is 0 Å². The van der Waals surface area contributed by atoms with Crippen LogP contribution in [-0.4, -0.2) is 62.1 Å². The van der Waals surface area contributed by atoms with E-state index in [4.69, 9.17) is 0 Å². The number of benzene rings is 1. The minimum absolute atomic E-state index is 0.0406. The summed E-state index contributed by atoms with van der Waals surface area (Å²) in [5.41, 5.74) is 0.473. The molecule has 0 aliphatic carbocycles. The predicted octanol–water partition coefficient (Wildman–Crippen LogP) is 1.42. The predicted molar refractivity (Wildman–Crippen MR) is 110 cm³/mol. The Bertz CT molecular complexity index is 916. The van der Waals surface area contributed by atoms with Crippen LogP contribution >= 0.6 is 0 Å². The zero-order valence-electron chi connectivity index (χ0n) is 16.1. The van der Waals surface area contributed by atoms with Crippen molar-refractivity contribution in [2.45, 2.75) is 12.8 Å². The van der Waals surface area contributed by atoms with Crippen LogP contribution < -0.4 is 10.2 Å². The molecule has 0 saturated carbocycles. The normalized spacial score (nSPS) is 15.3. The average Bonchev–Trinajstić information content (AvgIpc) is 2.74. The molecule has 0 unspecified atom stereocenters. The number of aryl methyl sites for hydroxylation is 1. The quantitative estimate of drug-likeness (QED) is 0.699. The third-order valence-electron chi connectivity index (χ3n) is 4.87. The number of carbonyl (C=O) groups excluding carboxylic acids is 1. The Morgan fingerprint density at radius 2 is 1.79 bits per heavy atom. The molecule has 1 fully saturated rings. The minimum atomic E-state index is -3.45. The van der Waals surface area contributed by atoms with Gasteiger partial charge in [0.25, 0.3) is 0 Å². The Kier molecular flexibility index (Phi) is 7.16. The fraction of sp³-hybridized carbons (Fsp3) is 0.400. The Morgan fingerprint density at radius 3 is 2.48 bits per heavy atom. The number of sulfonamides is 1. The maximum Gasteiger partial charge on any atom is 0.220 e. The van der Waals surface area contributed by atoms with Crippen molar-refractivity contribution in [2.24, 2.45) is 0 Å². The number of piperazine rings is 1. The monoisotopic (exact) mass is 420 g/mol. The van der Waals surface area contributed by atoms with E-state index in [9.17, 15) is 17.6 Å². The van der Waals surface area contributed by atoms with E-state index in [0.717, 1.165) is 5.82 Å². The van der Waals surface area contributed by atoms with E-state index in [1.165, 1.54) is 10.4 Å². The highest BCUT2D eigenvalue weighted by Crippen LogP contribution is 2.14. The number of anilines is 1. The molecule has 1 aliphatic rings. The zero-order valence-corrected chi connectivity index (χ0v) is 16.9. The molecule has 1 saturated heterocycles. The summed E-state index contributed by atoms with van der Waals surface area (Å²) in [5, 5.41) is 2.61. The summed E-state index contributed by atoms with van der Waals surface area (Å²) in [6.45, 7) is 1.97. The van der Waals surface area contributed by atoms with Gasteiger partial charge in [0.15, 0.2) is 0 Å². The van der Waals surface area contributed by atoms with Gasteiger partial charge in [0, 0.05) is 45.3 Å². The molecule has 3 rings (SSSR count). The molecule has 0 atom stereocenters. The highest BCUT2D eigenvalue weighted by atomic mass is 32.2. The molecule has 1 aromatic heterocycles. The van der Waals surface area contributed by atoms with Crippen molar-refractivity contribution in [1.82, 2.24) is 14.6 Å². The first-order valence-corrected chi connectivity index (χ1v) is 11.2. The molecule has 29 heavy (non-hydrogen) atoms. The molecule has 0 radical (unpaired) electrons. The van der Waals surface area contributed by atoms with Gasteiger partial charge < -0.3 is 10.2 Å². The van der Waals surface area contributed by atoms with Gasteiger partial charge in [-0.2, -0.15) is 4.31 Å². The van der Waals surface area contributed by atoms with Gasteiger partial charge in [-0.05, 0) is 30.2 Å². The zero-order chi connectivity index (χ0) is 20.7. The maximum absolute atomic E-state index is 13.6. The van der Waals surface area contributed by atoms with Crippen molar-refractivity contribution >= 4 is 21.7 Å². The van der Waals surface area contributed by atoms with E-state index in [2.05, 4.69) is 15.2 Å². The molecule has 2 heterocycles. The number of hydrogen-bond donors (Lipinski definition) is 1. The first kappa shape index (κ1) is 21.2. The molecule has 156 valence electrons. The summed E-state index contributed by atoms with van der Waals surface area (Å²) < 4.78 is 40.1. The van der Waals surface area contributed by atoms with Crippen LogP contribution in [0.25, 0.3) is 0 Å².